The minimum atomic E-state index is 0.152. The van der Waals surface area contributed by atoms with Gasteiger partial charge < -0.3 is 9.64 Å². The average molecular weight is 383 g/mol. The zero-order chi connectivity index (χ0) is 19.2. The molecule has 0 spiro atoms. The molecule has 0 unspecified atom stereocenters. The molecule has 4 nitrogen and oxygen atoms in total. The molecule has 0 N–H and O–H groups in total. The zero-order valence-electron chi connectivity index (χ0n) is 17.0. The van der Waals surface area contributed by atoms with E-state index < -0.39 is 0 Å². The average Bonchev–Trinajstić information content (AvgIpc) is 2.77. The number of nitrogens with zero attached hydrogens (tertiary/aromatic N) is 2. The standard InChI is InChI=1S/C24H34N2O2/c27-24(23-11-10-21-8-4-5-9-22(21)18-23)26(19-20-6-2-1-3-7-20)13-12-25-14-16-28-17-15-25/h1-2,4-5,8-9,20,23H,3,6-7,10-19H2/t20-,23+/m0/s1. The van der Waals surface area contributed by atoms with Crippen LogP contribution in [0.5, 0.6) is 0 Å². The number of carbonyl (C=O) groups excluding carboxylic acids is 1. The van der Waals surface area contributed by atoms with Crippen molar-refractivity contribution in [1.82, 2.24) is 9.80 Å². The molecule has 4 heteroatoms. The molecule has 1 heterocycles. The maximum absolute atomic E-state index is 13.5. The van der Waals surface area contributed by atoms with E-state index in [1.165, 1.54) is 17.5 Å². The minimum absolute atomic E-state index is 0.152. The second kappa shape index (κ2) is 9.71. The highest BCUT2D eigenvalue weighted by atomic mass is 16.5. The first-order valence-corrected chi connectivity index (χ1v) is 11.1. The van der Waals surface area contributed by atoms with Gasteiger partial charge in [0.2, 0.25) is 5.91 Å². The lowest BCUT2D eigenvalue weighted by atomic mass is 9.83. The third kappa shape index (κ3) is 5.03. The molecule has 2 aliphatic carbocycles. The van der Waals surface area contributed by atoms with Gasteiger partial charge in [0.25, 0.3) is 0 Å². The van der Waals surface area contributed by atoms with Crippen molar-refractivity contribution in [2.45, 2.75) is 38.5 Å². The Morgan fingerprint density at radius 2 is 1.93 bits per heavy atom. The van der Waals surface area contributed by atoms with E-state index in [-0.39, 0.29) is 5.92 Å². The molecule has 0 bridgehead atoms. The number of carbonyl (C=O) groups is 1. The monoisotopic (exact) mass is 382 g/mol. The smallest absolute Gasteiger partial charge is 0.226 e. The van der Waals surface area contributed by atoms with Gasteiger partial charge in [0, 0.05) is 38.6 Å². The Morgan fingerprint density at radius 3 is 2.71 bits per heavy atom. The first-order chi connectivity index (χ1) is 13.8. The first-order valence-electron chi connectivity index (χ1n) is 11.1. The van der Waals surface area contributed by atoms with Crippen LogP contribution in [0.1, 0.15) is 36.8 Å². The SMILES string of the molecule is O=C([C@@H]1CCc2ccccc2C1)N(CCN1CCOCC1)C[C@H]1CC=CCC1. The highest BCUT2D eigenvalue weighted by Crippen LogP contribution is 2.28. The summed E-state index contributed by atoms with van der Waals surface area (Å²) in [7, 11) is 0. The van der Waals surface area contributed by atoms with Crippen LogP contribution in [0.4, 0.5) is 0 Å². The van der Waals surface area contributed by atoms with Crippen LogP contribution in [0.25, 0.3) is 0 Å². The Hall–Kier alpha value is -1.65. The van der Waals surface area contributed by atoms with Crippen LogP contribution < -0.4 is 0 Å². The molecular formula is C24H34N2O2. The van der Waals surface area contributed by atoms with Crippen molar-refractivity contribution in [2.24, 2.45) is 11.8 Å². The lowest BCUT2D eigenvalue weighted by Crippen LogP contribution is -2.46. The Morgan fingerprint density at radius 1 is 1.11 bits per heavy atom. The number of hydrogen-bond acceptors (Lipinski definition) is 3. The lowest BCUT2D eigenvalue weighted by molar-refractivity contribution is -0.137. The molecule has 4 rings (SSSR count). The Kier molecular flexibility index (Phi) is 6.81. The Bertz CT molecular complexity index is 681. The van der Waals surface area contributed by atoms with Gasteiger partial charge in [-0.05, 0) is 55.6 Å². The van der Waals surface area contributed by atoms with Crippen molar-refractivity contribution in [1.29, 1.82) is 0 Å². The second-order valence-electron chi connectivity index (χ2n) is 8.60. The topological polar surface area (TPSA) is 32.8 Å². The summed E-state index contributed by atoms with van der Waals surface area (Å²) in [4.78, 5) is 18.2. The third-order valence-electron chi connectivity index (χ3n) is 6.65. The maximum atomic E-state index is 13.5. The van der Waals surface area contributed by atoms with Crippen molar-refractivity contribution < 1.29 is 9.53 Å². The van der Waals surface area contributed by atoms with Gasteiger partial charge in [-0.15, -0.1) is 0 Å². The molecule has 1 aromatic carbocycles. The van der Waals surface area contributed by atoms with Crippen LogP contribution in [-0.4, -0.2) is 61.6 Å². The van der Waals surface area contributed by atoms with Crippen LogP contribution in [0.15, 0.2) is 36.4 Å². The van der Waals surface area contributed by atoms with Crippen LogP contribution in [0.3, 0.4) is 0 Å². The number of amides is 1. The molecule has 0 aromatic heterocycles. The van der Waals surface area contributed by atoms with Gasteiger partial charge in [0.05, 0.1) is 13.2 Å². The van der Waals surface area contributed by atoms with Crippen LogP contribution >= 0.6 is 0 Å². The molecule has 1 amide bonds. The molecule has 28 heavy (non-hydrogen) atoms. The number of fused-ring (bicyclic) bond motifs is 1. The molecule has 1 aliphatic heterocycles. The van der Waals surface area contributed by atoms with E-state index in [0.29, 0.717) is 11.8 Å². The summed E-state index contributed by atoms with van der Waals surface area (Å²) in [6.07, 6.45) is 11.0. The maximum Gasteiger partial charge on any atom is 0.226 e. The summed E-state index contributed by atoms with van der Waals surface area (Å²) in [5, 5.41) is 0. The third-order valence-corrected chi connectivity index (χ3v) is 6.65. The molecule has 0 radical (unpaired) electrons. The fraction of sp³-hybridized carbons (Fsp3) is 0.625. The molecule has 1 saturated heterocycles. The number of allylic oxidation sites excluding steroid dienone is 2. The van der Waals surface area contributed by atoms with Gasteiger partial charge in [0.1, 0.15) is 0 Å². The molecule has 2 atom stereocenters. The van der Waals surface area contributed by atoms with Crippen molar-refractivity contribution >= 4 is 5.91 Å². The predicted molar refractivity (Wildman–Crippen MR) is 112 cm³/mol. The molecule has 152 valence electrons. The number of morpholine rings is 1. The van der Waals surface area contributed by atoms with Gasteiger partial charge >= 0.3 is 0 Å². The Balaban J connectivity index is 1.40. The van der Waals surface area contributed by atoms with E-state index in [1.807, 2.05) is 0 Å². The lowest BCUT2D eigenvalue weighted by Gasteiger charge is -2.35. The van der Waals surface area contributed by atoms with E-state index in [2.05, 4.69) is 46.2 Å². The highest BCUT2D eigenvalue weighted by molar-refractivity contribution is 5.79. The summed E-state index contributed by atoms with van der Waals surface area (Å²) in [5.41, 5.74) is 2.81. The number of rotatable bonds is 6. The predicted octanol–water partition coefficient (Wildman–Crippen LogP) is 3.31. The molecule has 1 aromatic rings. The van der Waals surface area contributed by atoms with E-state index in [9.17, 15) is 4.79 Å². The van der Waals surface area contributed by atoms with Gasteiger partial charge in [-0.2, -0.15) is 0 Å². The van der Waals surface area contributed by atoms with Gasteiger partial charge in [-0.25, -0.2) is 0 Å². The number of ether oxygens (including phenoxy) is 1. The van der Waals surface area contributed by atoms with E-state index in [1.54, 1.807) is 0 Å². The van der Waals surface area contributed by atoms with Crippen LogP contribution in [0.2, 0.25) is 0 Å². The van der Waals surface area contributed by atoms with Crippen molar-refractivity contribution in [3.63, 3.8) is 0 Å². The fourth-order valence-electron chi connectivity index (χ4n) is 4.88. The highest BCUT2D eigenvalue weighted by Gasteiger charge is 2.30. The summed E-state index contributed by atoms with van der Waals surface area (Å²) in [5.74, 6) is 1.16. The summed E-state index contributed by atoms with van der Waals surface area (Å²) in [6, 6.07) is 8.65. The normalized spacial score (nSPS) is 25.3. The number of hydrogen-bond donors (Lipinski definition) is 0. The molecule has 0 saturated carbocycles. The number of aryl methyl sites for hydroxylation is 1. The van der Waals surface area contributed by atoms with Gasteiger partial charge in [0.15, 0.2) is 0 Å². The zero-order valence-corrected chi connectivity index (χ0v) is 17.0. The first kappa shape index (κ1) is 19.7. The van der Waals surface area contributed by atoms with E-state index in [0.717, 1.165) is 78.0 Å². The Labute approximate surface area is 169 Å². The van der Waals surface area contributed by atoms with Crippen LogP contribution in [0, 0.1) is 11.8 Å². The quantitative estimate of drug-likeness (QED) is 0.708. The van der Waals surface area contributed by atoms with Crippen molar-refractivity contribution in [3.8, 4) is 0 Å². The van der Waals surface area contributed by atoms with Crippen molar-refractivity contribution in [3.05, 3.63) is 47.5 Å². The summed E-state index contributed by atoms with van der Waals surface area (Å²) < 4.78 is 5.47. The van der Waals surface area contributed by atoms with E-state index in [4.69, 9.17) is 4.74 Å². The largest absolute Gasteiger partial charge is 0.379 e. The summed E-state index contributed by atoms with van der Waals surface area (Å²) in [6.45, 7) is 6.38. The fourth-order valence-corrected chi connectivity index (χ4v) is 4.88. The van der Waals surface area contributed by atoms with Crippen molar-refractivity contribution in [2.75, 3.05) is 45.9 Å². The minimum Gasteiger partial charge on any atom is -0.379 e. The van der Waals surface area contributed by atoms with Crippen LogP contribution in [-0.2, 0) is 22.4 Å². The summed E-state index contributed by atoms with van der Waals surface area (Å²) >= 11 is 0. The van der Waals surface area contributed by atoms with Gasteiger partial charge in [-0.3, -0.25) is 9.69 Å². The molecular weight excluding hydrogens is 348 g/mol. The van der Waals surface area contributed by atoms with Gasteiger partial charge in [-0.1, -0.05) is 36.4 Å². The molecule has 3 aliphatic rings. The molecule has 1 fully saturated rings. The van der Waals surface area contributed by atoms with E-state index >= 15 is 0 Å². The second-order valence-corrected chi connectivity index (χ2v) is 8.60. The number of benzene rings is 1.